The van der Waals surface area contributed by atoms with Crippen LogP contribution >= 0.6 is 23.7 Å². The Labute approximate surface area is 163 Å². The van der Waals surface area contributed by atoms with E-state index in [1.807, 2.05) is 30.9 Å². The van der Waals surface area contributed by atoms with Crippen LogP contribution in [0.5, 0.6) is 0 Å². The summed E-state index contributed by atoms with van der Waals surface area (Å²) in [4.78, 5) is 16.8. The molecule has 1 aliphatic heterocycles. The standard InChI is InChI=1S/C19H23FN2O2S.ClH/c1-13(2)22(19(23)17-11-21-9-10-24-17)12-16-7-8-18(25-16)14-3-5-15(20)6-4-14;/h3-8,13,17,21H,9-12H2,1-2H3;1H. The lowest BCUT2D eigenvalue weighted by molar-refractivity contribution is -0.147. The topological polar surface area (TPSA) is 41.6 Å². The van der Waals surface area contributed by atoms with E-state index in [1.54, 1.807) is 23.5 Å². The number of thiophene rings is 1. The summed E-state index contributed by atoms with van der Waals surface area (Å²) in [5, 5.41) is 3.20. The Morgan fingerprint density at radius 3 is 2.65 bits per heavy atom. The minimum absolute atomic E-state index is 0. The molecule has 4 nitrogen and oxygen atoms in total. The van der Waals surface area contributed by atoms with E-state index in [-0.39, 0.29) is 30.2 Å². The number of ether oxygens (including phenoxy) is 1. The number of rotatable bonds is 5. The number of hydrogen-bond donors (Lipinski definition) is 1. The molecule has 1 fully saturated rings. The van der Waals surface area contributed by atoms with Crippen LogP contribution in [0.25, 0.3) is 10.4 Å². The number of nitrogens with zero attached hydrogens (tertiary/aromatic N) is 1. The van der Waals surface area contributed by atoms with Crippen LogP contribution in [0.2, 0.25) is 0 Å². The Kier molecular flexibility index (Phi) is 7.58. The van der Waals surface area contributed by atoms with Crippen LogP contribution in [0.3, 0.4) is 0 Å². The van der Waals surface area contributed by atoms with Crippen LogP contribution in [0.4, 0.5) is 4.39 Å². The highest BCUT2D eigenvalue weighted by molar-refractivity contribution is 7.15. The average molecular weight is 399 g/mol. The van der Waals surface area contributed by atoms with E-state index in [0.717, 1.165) is 21.9 Å². The fraction of sp³-hybridized carbons (Fsp3) is 0.421. The van der Waals surface area contributed by atoms with Crippen molar-refractivity contribution in [1.82, 2.24) is 10.2 Å². The quantitative estimate of drug-likeness (QED) is 0.834. The second-order valence-electron chi connectivity index (χ2n) is 6.40. The van der Waals surface area contributed by atoms with Gasteiger partial charge in [0.2, 0.25) is 0 Å². The van der Waals surface area contributed by atoms with Gasteiger partial charge < -0.3 is 15.0 Å². The molecule has 142 valence electrons. The van der Waals surface area contributed by atoms with Gasteiger partial charge in [0.15, 0.2) is 0 Å². The van der Waals surface area contributed by atoms with Crippen molar-refractivity contribution in [1.29, 1.82) is 0 Å². The van der Waals surface area contributed by atoms with Gasteiger partial charge in [-0.1, -0.05) is 12.1 Å². The molecule has 0 spiro atoms. The predicted octanol–water partition coefficient (Wildman–Crippen LogP) is 3.70. The lowest BCUT2D eigenvalue weighted by atomic mass is 10.2. The number of halogens is 2. The van der Waals surface area contributed by atoms with Crippen molar-refractivity contribution in [3.63, 3.8) is 0 Å². The Morgan fingerprint density at radius 2 is 2.04 bits per heavy atom. The van der Waals surface area contributed by atoms with Gasteiger partial charge in [-0.05, 0) is 43.7 Å². The van der Waals surface area contributed by atoms with Crippen molar-refractivity contribution in [2.24, 2.45) is 0 Å². The predicted molar refractivity (Wildman–Crippen MR) is 105 cm³/mol. The van der Waals surface area contributed by atoms with Gasteiger partial charge in [0.25, 0.3) is 5.91 Å². The molecular formula is C19H24ClFN2O2S. The molecule has 1 amide bonds. The minimum atomic E-state index is -0.410. The SMILES string of the molecule is CC(C)N(Cc1ccc(-c2ccc(F)cc2)s1)C(=O)C1CNCCO1.Cl. The highest BCUT2D eigenvalue weighted by atomic mass is 35.5. The molecule has 7 heteroatoms. The Balaban J connectivity index is 0.00000243. The van der Waals surface area contributed by atoms with Crippen LogP contribution < -0.4 is 5.32 Å². The number of benzene rings is 1. The molecule has 2 heterocycles. The van der Waals surface area contributed by atoms with Gasteiger partial charge in [-0.2, -0.15) is 0 Å². The molecule has 1 aromatic carbocycles. The van der Waals surface area contributed by atoms with Crippen molar-refractivity contribution in [3.8, 4) is 10.4 Å². The highest BCUT2D eigenvalue weighted by Gasteiger charge is 2.28. The number of carbonyl (C=O) groups excluding carboxylic acids is 1. The van der Waals surface area contributed by atoms with Gasteiger partial charge in [0, 0.05) is 28.9 Å². The van der Waals surface area contributed by atoms with Gasteiger partial charge in [0.1, 0.15) is 11.9 Å². The third kappa shape index (κ3) is 5.04. The molecule has 1 aromatic heterocycles. The van der Waals surface area contributed by atoms with Gasteiger partial charge in [0.05, 0.1) is 13.2 Å². The van der Waals surface area contributed by atoms with Gasteiger partial charge in [-0.3, -0.25) is 4.79 Å². The van der Waals surface area contributed by atoms with Crippen molar-refractivity contribution in [3.05, 3.63) is 47.1 Å². The van der Waals surface area contributed by atoms with Crippen LogP contribution in [-0.2, 0) is 16.1 Å². The molecule has 1 N–H and O–H groups in total. The summed E-state index contributed by atoms with van der Waals surface area (Å²) in [6, 6.07) is 10.6. The number of nitrogens with one attached hydrogen (secondary N) is 1. The molecule has 3 rings (SSSR count). The molecular weight excluding hydrogens is 375 g/mol. The normalized spacial score (nSPS) is 17.0. The second kappa shape index (κ2) is 9.46. The van der Waals surface area contributed by atoms with Crippen molar-refractivity contribution < 1.29 is 13.9 Å². The maximum atomic E-state index is 13.1. The zero-order valence-corrected chi connectivity index (χ0v) is 16.5. The number of amides is 1. The molecule has 1 saturated heterocycles. The number of carbonyl (C=O) groups is 1. The molecule has 1 unspecified atom stereocenters. The summed E-state index contributed by atoms with van der Waals surface area (Å²) in [5.74, 6) is -0.211. The van der Waals surface area contributed by atoms with E-state index in [2.05, 4.69) is 5.32 Å². The molecule has 1 aliphatic rings. The van der Waals surface area contributed by atoms with Crippen molar-refractivity contribution in [2.45, 2.75) is 32.5 Å². The molecule has 1 atom stereocenters. The summed E-state index contributed by atoms with van der Waals surface area (Å²) >= 11 is 1.63. The van der Waals surface area contributed by atoms with Crippen LogP contribution in [0.1, 0.15) is 18.7 Å². The minimum Gasteiger partial charge on any atom is -0.366 e. The van der Waals surface area contributed by atoms with Gasteiger partial charge in [-0.15, -0.1) is 23.7 Å². The zero-order valence-electron chi connectivity index (χ0n) is 14.9. The first-order valence-corrected chi connectivity index (χ1v) is 9.33. The van der Waals surface area contributed by atoms with Crippen molar-refractivity contribution >= 4 is 29.7 Å². The van der Waals surface area contributed by atoms with Crippen LogP contribution in [0.15, 0.2) is 36.4 Å². The van der Waals surface area contributed by atoms with Crippen molar-refractivity contribution in [2.75, 3.05) is 19.7 Å². The summed E-state index contributed by atoms with van der Waals surface area (Å²) in [6.07, 6.45) is -0.410. The monoisotopic (exact) mass is 398 g/mol. The fourth-order valence-electron chi connectivity index (χ4n) is 2.82. The first-order chi connectivity index (χ1) is 12.0. The summed E-state index contributed by atoms with van der Waals surface area (Å²) in [7, 11) is 0. The molecule has 0 radical (unpaired) electrons. The Bertz CT molecular complexity index is 715. The van der Waals surface area contributed by atoms with E-state index in [9.17, 15) is 9.18 Å². The lowest BCUT2D eigenvalue weighted by Crippen LogP contribution is -2.50. The number of hydrogen-bond acceptors (Lipinski definition) is 4. The lowest BCUT2D eigenvalue weighted by Gasteiger charge is -2.32. The molecule has 0 aliphatic carbocycles. The molecule has 0 bridgehead atoms. The van der Waals surface area contributed by atoms with E-state index in [1.165, 1.54) is 12.1 Å². The highest BCUT2D eigenvalue weighted by Crippen LogP contribution is 2.29. The van der Waals surface area contributed by atoms with E-state index >= 15 is 0 Å². The van der Waals surface area contributed by atoms with Gasteiger partial charge in [-0.25, -0.2) is 4.39 Å². The fourth-order valence-corrected chi connectivity index (χ4v) is 3.84. The molecule has 0 saturated carbocycles. The zero-order chi connectivity index (χ0) is 17.8. The van der Waals surface area contributed by atoms with E-state index in [0.29, 0.717) is 19.7 Å². The number of morpholine rings is 1. The summed E-state index contributed by atoms with van der Waals surface area (Å²) in [5.41, 5.74) is 0.986. The Hall–Kier alpha value is -1.47. The second-order valence-corrected chi connectivity index (χ2v) is 7.56. The maximum absolute atomic E-state index is 13.1. The summed E-state index contributed by atoms with van der Waals surface area (Å²) in [6.45, 7) is 6.51. The van der Waals surface area contributed by atoms with Gasteiger partial charge >= 0.3 is 0 Å². The van der Waals surface area contributed by atoms with Crippen LogP contribution in [-0.4, -0.2) is 42.6 Å². The smallest absolute Gasteiger partial charge is 0.253 e. The third-order valence-electron chi connectivity index (χ3n) is 4.23. The Morgan fingerprint density at radius 1 is 1.31 bits per heavy atom. The first kappa shape index (κ1) is 20.8. The third-order valence-corrected chi connectivity index (χ3v) is 5.35. The first-order valence-electron chi connectivity index (χ1n) is 8.52. The molecule has 26 heavy (non-hydrogen) atoms. The summed E-state index contributed by atoms with van der Waals surface area (Å²) < 4.78 is 18.7. The average Bonchev–Trinajstić information content (AvgIpc) is 3.09. The van der Waals surface area contributed by atoms with E-state index < -0.39 is 6.10 Å². The largest absolute Gasteiger partial charge is 0.366 e. The maximum Gasteiger partial charge on any atom is 0.253 e. The van der Waals surface area contributed by atoms with Crippen LogP contribution in [0, 0.1) is 5.82 Å². The molecule has 2 aromatic rings. The van der Waals surface area contributed by atoms with E-state index in [4.69, 9.17) is 4.74 Å².